The van der Waals surface area contributed by atoms with Gasteiger partial charge in [-0.3, -0.25) is 9.59 Å². The van der Waals surface area contributed by atoms with E-state index in [1.54, 1.807) is 31.2 Å². The highest BCUT2D eigenvalue weighted by atomic mass is 16.5. The van der Waals surface area contributed by atoms with Crippen LogP contribution in [-0.2, 0) is 6.61 Å². The van der Waals surface area contributed by atoms with Gasteiger partial charge in [0.15, 0.2) is 5.65 Å². The number of anilines is 1. The summed E-state index contributed by atoms with van der Waals surface area (Å²) in [6.07, 6.45) is 0. The van der Waals surface area contributed by atoms with Gasteiger partial charge in [0.1, 0.15) is 18.1 Å². The smallest absolute Gasteiger partial charge is 0.287 e. The number of carbonyl (C=O) groups is 1. The van der Waals surface area contributed by atoms with Gasteiger partial charge in [-0.25, -0.2) is 4.98 Å². The number of nitrogens with zero attached hydrogens (tertiary/aromatic N) is 2. The van der Waals surface area contributed by atoms with Crippen LogP contribution in [0.15, 0.2) is 70.0 Å². The Morgan fingerprint density at radius 3 is 2.69 bits per heavy atom. The minimum atomic E-state index is -0.317. The SMILES string of the molecule is Cc1cc2nc(COc3ccccc3NC(=O)c3ccccc3C)cc(=O)n2o1. The molecular formula is C22H19N3O4. The molecule has 29 heavy (non-hydrogen) atoms. The molecule has 0 radical (unpaired) electrons. The number of fused-ring (bicyclic) bond motifs is 1. The number of para-hydroxylation sites is 2. The van der Waals surface area contributed by atoms with Gasteiger partial charge in [-0.2, -0.15) is 0 Å². The minimum Gasteiger partial charge on any atom is -0.485 e. The third kappa shape index (κ3) is 3.89. The van der Waals surface area contributed by atoms with E-state index in [1.165, 1.54) is 6.07 Å². The molecule has 0 unspecified atom stereocenters. The Morgan fingerprint density at radius 2 is 1.86 bits per heavy atom. The van der Waals surface area contributed by atoms with Crippen molar-refractivity contribution in [2.75, 3.05) is 5.32 Å². The fraction of sp³-hybridized carbons (Fsp3) is 0.136. The molecule has 2 aromatic heterocycles. The molecule has 0 fully saturated rings. The van der Waals surface area contributed by atoms with Gasteiger partial charge in [0.25, 0.3) is 11.5 Å². The van der Waals surface area contributed by atoms with E-state index in [9.17, 15) is 9.59 Å². The molecule has 4 aromatic rings. The molecule has 7 nitrogen and oxygen atoms in total. The second-order valence-corrected chi connectivity index (χ2v) is 6.64. The lowest BCUT2D eigenvalue weighted by Gasteiger charge is -2.13. The van der Waals surface area contributed by atoms with Gasteiger partial charge < -0.3 is 14.6 Å². The Labute approximate surface area is 166 Å². The molecule has 0 bridgehead atoms. The molecule has 0 saturated heterocycles. The molecular weight excluding hydrogens is 370 g/mol. The van der Waals surface area contributed by atoms with E-state index in [4.69, 9.17) is 9.26 Å². The first-order valence-electron chi connectivity index (χ1n) is 9.10. The van der Waals surface area contributed by atoms with Gasteiger partial charge in [-0.1, -0.05) is 30.3 Å². The topological polar surface area (TPSA) is 85.8 Å². The molecule has 0 spiro atoms. The zero-order chi connectivity index (χ0) is 20.4. The first-order chi connectivity index (χ1) is 14.0. The monoisotopic (exact) mass is 389 g/mol. The predicted octanol–water partition coefficient (Wildman–Crippen LogP) is 3.74. The summed E-state index contributed by atoms with van der Waals surface area (Å²) in [6, 6.07) is 17.5. The highest BCUT2D eigenvalue weighted by Crippen LogP contribution is 2.25. The summed E-state index contributed by atoms with van der Waals surface area (Å²) in [5, 5.41) is 2.88. The molecule has 4 rings (SSSR count). The molecule has 0 atom stereocenters. The molecule has 2 heterocycles. The normalized spacial score (nSPS) is 10.8. The number of amides is 1. The van der Waals surface area contributed by atoms with Gasteiger partial charge >= 0.3 is 0 Å². The number of aryl methyl sites for hydroxylation is 2. The number of benzene rings is 2. The van der Waals surface area contributed by atoms with E-state index >= 15 is 0 Å². The van der Waals surface area contributed by atoms with Crippen molar-refractivity contribution in [2.24, 2.45) is 0 Å². The summed E-state index contributed by atoms with van der Waals surface area (Å²) >= 11 is 0. The summed E-state index contributed by atoms with van der Waals surface area (Å²) in [6.45, 7) is 3.71. The second kappa shape index (κ2) is 7.63. The fourth-order valence-electron chi connectivity index (χ4n) is 3.01. The zero-order valence-corrected chi connectivity index (χ0v) is 16.0. The fourth-order valence-corrected chi connectivity index (χ4v) is 3.01. The summed E-state index contributed by atoms with van der Waals surface area (Å²) < 4.78 is 12.3. The number of rotatable bonds is 5. The van der Waals surface area contributed by atoms with E-state index < -0.39 is 0 Å². The van der Waals surface area contributed by atoms with Crippen molar-refractivity contribution in [2.45, 2.75) is 20.5 Å². The Morgan fingerprint density at radius 1 is 1.10 bits per heavy atom. The number of hydrogen-bond acceptors (Lipinski definition) is 5. The van der Waals surface area contributed by atoms with Gasteiger partial charge in [0, 0.05) is 17.7 Å². The number of ether oxygens (including phenoxy) is 1. The molecule has 2 aromatic carbocycles. The Bertz CT molecular complexity index is 1260. The largest absolute Gasteiger partial charge is 0.485 e. The van der Waals surface area contributed by atoms with Gasteiger partial charge in [-0.05, 0) is 37.6 Å². The van der Waals surface area contributed by atoms with Crippen LogP contribution < -0.4 is 15.6 Å². The number of aromatic nitrogens is 2. The molecule has 146 valence electrons. The molecule has 0 aliphatic heterocycles. The molecule has 0 aliphatic carbocycles. The molecule has 1 N–H and O–H groups in total. The lowest BCUT2D eigenvalue weighted by molar-refractivity contribution is 0.102. The average Bonchev–Trinajstić information content (AvgIpc) is 3.08. The van der Waals surface area contributed by atoms with Gasteiger partial charge in [0.2, 0.25) is 0 Å². The van der Waals surface area contributed by atoms with Crippen LogP contribution in [0.4, 0.5) is 5.69 Å². The van der Waals surface area contributed by atoms with Crippen LogP contribution in [0.1, 0.15) is 27.4 Å². The summed E-state index contributed by atoms with van der Waals surface area (Å²) in [5.74, 6) is 0.863. The van der Waals surface area contributed by atoms with Crippen molar-refractivity contribution >= 4 is 17.2 Å². The van der Waals surface area contributed by atoms with Crippen molar-refractivity contribution in [1.29, 1.82) is 0 Å². The number of carbonyl (C=O) groups excluding carboxylic acids is 1. The van der Waals surface area contributed by atoms with Crippen LogP contribution in [0, 0.1) is 13.8 Å². The number of hydrogen-bond donors (Lipinski definition) is 1. The Kier molecular flexibility index (Phi) is 4.87. The van der Waals surface area contributed by atoms with Crippen molar-refractivity contribution in [3.05, 3.63) is 93.6 Å². The molecule has 1 amide bonds. The van der Waals surface area contributed by atoms with Crippen LogP contribution in [-0.4, -0.2) is 15.5 Å². The maximum absolute atomic E-state index is 12.6. The van der Waals surface area contributed by atoms with Crippen LogP contribution in [0.2, 0.25) is 0 Å². The molecule has 7 heteroatoms. The third-order valence-electron chi connectivity index (χ3n) is 4.42. The Balaban J connectivity index is 1.54. The zero-order valence-electron chi connectivity index (χ0n) is 16.0. The van der Waals surface area contributed by atoms with E-state index in [-0.39, 0.29) is 18.1 Å². The summed E-state index contributed by atoms with van der Waals surface area (Å²) in [7, 11) is 0. The van der Waals surface area contributed by atoms with Crippen molar-refractivity contribution in [1.82, 2.24) is 9.56 Å². The van der Waals surface area contributed by atoms with Crippen molar-refractivity contribution in [3.63, 3.8) is 0 Å². The van der Waals surface area contributed by atoms with Crippen LogP contribution >= 0.6 is 0 Å². The van der Waals surface area contributed by atoms with E-state index in [0.717, 1.165) is 10.1 Å². The molecule has 0 aliphatic rings. The summed E-state index contributed by atoms with van der Waals surface area (Å²) in [4.78, 5) is 29.1. The Hall–Kier alpha value is -3.87. The van der Waals surface area contributed by atoms with Gasteiger partial charge in [0.05, 0.1) is 11.4 Å². The van der Waals surface area contributed by atoms with E-state index in [0.29, 0.717) is 34.1 Å². The third-order valence-corrected chi connectivity index (χ3v) is 4.42. The van der Waals surface area contributed by atoms with Crippen LogP contribution in [0.3, 0.4) is 0 Å². The highest BCUT2D eigenvalue weighted by molar-refractivity contribution is 6.05. The maximum Gasteiger partial charge on any atom is 0.287 e. The van der Waals surface area contributed by atoms with Crippen molar-refractivity contribution in [3.8, 4) is 5.75 Å². The van der Waals surface area contributed by atoms with Crippen molar-refractivity contribution < 1.29 is 14.1 Å². The van der Waals surface area contributed by atoms with Crippen LogP contribution in [0.25, 0.3) is 5.65 Å². The highest BCUT2D eigenvalue weighted by Gasteiger charge is 2.13. The quantitative estimate of drug-likeness (QED) is 0.562. The van der Waals surface area contributed by atoms with Gasteiger partial charge in [-0.15, -0.1) is 4.57 Å². The molecule has 0 saturated carbocycles. The van der Waals surface area contributed by atoms with Crippen LogP contribution in [0.5, 0.6) is 5.75 Å². The first-order valence-corrected chi connectivity index (χ1v) is 9.10. The predicted molar refractivity (Wildman–Crippen MR) is 108 cm³/mol. The minimum absolute atomic E-state index is 0.0766. The summed E-state index contributed by atoms with van der Waals surface area (Å²) in [5.41, 5.74) is 2.60. The second-order valence-electron chi connectivity index (χ2n) is 6.64. The maximum atomic E-state index is 12.6. The standard InChI is InChI=1S/C22H19N3O4/c1-14-7-3-4-8-17(14)22(27)24-18-9-5-6-10-19(18)28-13-16-12-21(26)25-20(23-16)11-15(2)29-25/h3-12H,13H2,1-2H3,(H,24,27). The van der Waals surface area contributed by atoms with E-state index in [2.05, 4.69) is 10.3 Å². The lowest BCUT2D eigenvalue weighted by atomic mass is 10.1. The number of nitrogens with one attached hydrogen (secondary N) is 1. The lowest BCUT2D eigenvalue weighted by Crippen LogP contribution is -2.15. The van der Waals surface area contributed by atoms with E-state index in [1.807, 2.05) is 37.3 Å². The average molecular weight is 389 g/mol. The first kappa shape index (κ1) is 18.5.